The normalized spacial score (nSPS) is 17.7. The topological polar surface area (TPSA) is 271 Å². The molecule has 22 heteroatoms. The summed E-state index contributed by atoms with van der Waals surface area (Å²) in [7, 11) is 0. The monoisotopic (exact) mass is 1080 g/mol. The molecule has 5 unspecified atom stereocenters. The fraction of sp³-hybridized carbons (Fsp3) is 0.429. The third-order valence-electron chi connectivity index (χ3n) is 14.4. The van der Waals surface area contributed by atoms with E-state index < -0.39 is 77.6 Å². The molecule has 412 valence electrons. The highest BCUT2D eigenvalue weighted by atomic mass is 19.4. The Balaban J connectivity index is 0.698. The van der Waals surface area contributed by atoms with Crippen molar-refractivity contribution in [3.05, 3.63) is 118 Å². The van der Waals surface area contributed by atoms with E-state index in [2.05, 4.69) is 47.9 Å². The Morgan fingerprint density at radius 3 is 2.15 bits per heavy atom. The SMILES string of the molecule is Cc1ccc(C(=O)Nc2ccc(CN3CCN(CCC(O)CCC(O)CCC(O)CCC(O)CCC(=O)Nc4cccc5c4C(=O)N(C4CCC(=O)NC4=O)C5=O)CC3)c(C(F)(F)F)c2)cc1C#Cc1cnc2[nH]ncc2c1. The lowest BCUT2D eigenvalue weighted by Crippen LogP contribution is -2.54. The molecule has 5 aromatic rings. The summed E-state index contributed by atoms with van der Waals surface area (Å²) in [5.41, 5.74) is 2.18. The van der Waals surface area contributed by atoms with Crippen molar-refractivity contribution in [1.29, 1.82) is 0 Å². The summed E-state index contributed by atoms with van der Waals surface area (Å²) >= 11 is 0. The van der Waals surface area contributed by atoms with Gasteiger partial charge >= 0.3 is 6.18 Å². The number of anilines is 2. The van der Waals surface area contributed by atoms with Crippen molar-refractivity contribution in [3.63, 3.8) is 0 Å². The molecule has 6 amide bonds. The second-order valence-corrected chi connectivity index (χ2v) is 20.2. The highest BCUT2D eigenvalue weighted by Gasteiger charge is 2.46. The maximum atomic E-state index is 14.4. The van der Waals surface area contributed by atoms with E-state index in [-0.39, 0.29) is 91.5 Å². The van der Waals surface area contributed by atoms with Crippen LogP contribution < -0.4 is 16.0 Å². The number of aliphatic hydroxyl groups excluding tert-OH is 4. The number of aromatic amines is 1. The quantitative estimate of drug-likeness (QED) is 0.0353. The average molecular weight is 1080 g/mol. The van der Waals surface area contributed by atoms with E-state index in [4.69, 9.17) is 0 Å². The Morgan fingerprint density at radius 2 is 1.46 bits per heavy atom. The number of nitrogens with zero attached hydrogens (tertiary/aromatic N) is 5. The number of benzene rings is 3. The van der Waals surface area contributed by atoms with E-state index in [9.17, 15) is 62.4 Å². The molecule has 8 rings (SSSR count). The number of carbonyl (C=O) groups excluding carboxylic acids is 6. The molecule has 2 fully saturated rings. The van der Waals surface area contributed by atoms with Gasteiger partial charge in [-0.2, -0.15) is 18.3 Å². The second kappa shape index (κ2) is 25.4. The number of piperazine rings is 1. The van der Waals surface area contributed by atoms with E-state index in [1.807, 2.05) is 17.9 Å². The van der Waals surface area contributed by atoms with Crippen LogP contribution in [0.25, 0.3) is 11.0 Å². The van der Waals surface area contributed by atoms with Gasteiger partial charge in [-0.1, -0.05) is 30.0 Å². The highest BCUT2D eigenvalue weighted by Crippen LogP contribution is 2.36. The molecule has 3 aliphatic heterocycles. The van der Waals surface area contributed by atoms with Crippen molar-refractivity contribution in [3.8, 4) is 11.8 Å². The molecule has 5 atom stereocenters. The minimum Gasteiger partial charge on any atom is -0.393 e. The van der Waals surface area contributed by atoms with Crippen LogP contribution in [0.1, 0.15) is 130 Å². The minimum atomic E-state index is -4.67. The molecule has 0 bridgehead atoms. The van der Waals surface area contributed by atoms with E-state index in [1.54, 1.807) is 30.6 Å². The molecule has 0 aliphatic carbocycles. The van der Waals surface area contributed by atoms with Crippen LogP contribution in [-0.4, -0.2) is 149 Å². The number of pyridine rings is 1. The summed E-state index contributed by atoms with van der Waals surface area (Å²) < 4.78 is 43.3. The molecule has 8 N–H and O–H groups in total. The first-order valence-electron chi connectivity index (χ1n) is 26.0. The van der Waals surface area contributed by atoms with E-state index >= 15 is 0 Å². The molecule has 5 heterocycles. The maximum Gasteiger partial charge on any atom is 0.416 e. The van der Waals surface area contributed by atoms with Crippen LogP contribution in [0.3, 0.4) is 0 Å². The van der Waals surface area contributed by atoms with Crippen LogP contribution in [0, 0.1) is 18.8 Å². The Bertz CT molecular complexity index is 3110. The number of nitrogens with one attached hydrogen (secondary N) is 4. The number of alkyl halides is 3. The number of piperidine rings is 1. The summed E-state index contributed by atoms with van der Waals surface area (Å²) in [4.78, 5) is 85.8. The van der Waals surface area contributed by atoms with Crippen molar-refractivity contribution < 1.29 is 62.4 Å². The van der Waals surface area contributed by atoms with E-state index in [0.717, 1.165) is 21.9 Å². The fourth-order valence-corrected chi connectivity index (χ4v) is 9.81. The number of carbonyl (C=O) groups is 6. The van der Waals surface area contributed by atoms with Gasteiger partial charge in [0, 0.05) is 86.1 Å². The zero-order valence-corrected chi connectivity index (χ0v) is 42.9. The number of rotatable bonds is 21. The van der Waals surface area contributed by atoms with Crippen LogP contribution in [-0.2, 0) is 27.1 Å². The first-order chi connectivity index (χ1) is 37.3. The van der Waals surface area contributed by atoms with Gasteiger partial charge in [0.2, 0.25) is 17.7 Å². The van der Waals surface area contributed by atoms with Gasteiger partial charge in [0.1, 0.15) is 6.04 Å². The zero-order valence-electron chi connectivity index (χ0n) is 42.9. The number of hydrogen-bond acceptors (Lipinski definition) is 14. The molecule has 2 aromatic heterocycles. The number of halogens is 3. The second-order valence-electron chi connectivity index (χ2n) is 20.2. The summed E-state index contributed by atoms with van der Waals surface area (Å²) in [5.74, 6) is 2.27. The first kappa shape index (κ1) is 56.8. The molecule has 3 aromatic carbocycles. The van der Waals surface area contributed by atoms with Gasteiger partial charge in [0.05, 0.1) is 53.0 Å². The van der Waals surface area contributed by atoms with Crippen molar-refractivity contribution in [2.75, 3.05) is 43.4 Å². The number of H-pyrrole nitrogens is 1. The van der Waals surface area contributed by atoms with Crippen LogP contribution in [0.15, 0.2) is 73.1 Å². The van der Waals surface area contributed by atoms with Crippen LogP contribution in [0.4, 0.5) is 24.5 Å². The molecule has 78 heavy (non-hydrogen) atoms. The van der Waals surface area contributed by atoms with Gasteiger partial charge in [0.25, 0.3) is 17.7 Å². The molecule has 3 aliphatic rings. The van der Waals surface area contributed by atoms with Crippen molar-refractivity contribution in [2.45, 2.75) is 121 Å². The number of amides is 6. The summed E-state index contributed by atoms with van der Waals surface area (Å²) in [6.45, 7) is 4.64. The maximum absolute atomic E-state index is 14.4. The van der Waals surface area contributed by atoms with Gasteiger partial charge in [-0.05, 0) is 118 Å². The third kappa shape index (κ3) is 14.6. The number of fused-ring (bicyclic) bond motifs is 2. The Morgan fingerprint density at radius 1 is 0.782 bits per heavy atom. The van der Waals surface area contributed by atoms with Crippen LogP contribution in [0.5, 0.6) is 0 Å². The van der Waals surface area contributed by atoms with Crippen molar-refractivity contribution >= 4 is 57.9 Å². The van der Waals surface area contributed by atoms with Crippen LogP contribution >= 0.6 is 0 Å². The molecule has 19 nitrogen and oxygen atoms in total. The Labute approximate surface area is 447 Å². The number of aliphatic hydroxyl groups is 4. The molecule has 0 saturated carbocycles. The van der Waals surface area contributed by atoms with E-state index in [1.165, 1.54) is 30.3 Å². The standard InChI is InChI=1S/C56H62F3N9O10/c1-33-5-7-36(28-35(33)8-6-34-27-38-31-61-65-51(38)60-30-34)52(75)62-39-10-9-37(45(29-39)56(57,58)59)32-67-25-23-66(24-26-67)22-21-43(72)16-15-41(70)12-11-40(69)13-14-42(71)17-19-48(73)63-46-4-2-3-44-50(46)55(78)68(54(44)77)47-18-20-49(74)64-53(47)76/h2-5,7,9-10,27-31,40-43,47,69-72H,11-26,32H2,1H3,(H,62,75)(H,63,73)(H,60,61,65)(H,64,74,76). The number of imide groups is 2. The molecular formula is C56H62F3N9O10. The van der Waals surface area contributed by atoms with E-state index in [0.29, 0.717) is 68.8 Å². The Hall–Kier alpha value is -7.39. The van der Waals surface area contributed by atoms with Gasteiger partial charge in [-0.25, -0.2) is 4.98 Å². The van der Waals surface area contributed by atoms with Crippen molar-refractivity contribution in [2.24, 2.45) is 0 Å². The van der Waals surface area contributed by atoms with Crippen molar-refractivity contribution in [1.82, 2.24) is 35.2 Å². The van der Waals surface area contributed by atoms with Gasteiger partial charge in [-0.3, -0.25) is 49.0 Å². The summed E-state index contributed by atoms with van der Waals surface area (Å²) in [5, 5.41) is 57.3. The lowest BCUT2D eigenvalue weighted by Gasteiger charge is -2.35. The average Bonchev–Trinajstić information content (AvgIpc) is 4.11. The third-order valence-corrected chi connectivity index (χ3v) is 14.4. The van der Waals surface area contributed by atoms with Gasteiger partial charge in [0.15, 0.2) is 5.65 Å². The number of aromatic nitrogens is 3. The molecule has 0 radical (unpaired) electrons. The predicted molar refractivity (Wildman–Crippen MR) is 279 cm³/mol. The summed E-state index contributed by atoms with van der Waals surface area (Å²) in [6, 6.07) is 13.8. The predicted octanol–water partition coefficient (Wildman–Crippen LogP) is 5.05. The van der Waals surface area contributed by atoms with Gasteiger partial charge in [-0.15, -0.1) is 0 Å². The highest BCUT2D eigenvalue weighted by molar-refractivity contribution is 6.26. The smallest absolute Gasteiger partial charge is 0.393 e. The minimum absolute atomic E-state index is 0.00462. The lowest BCUT2D eigenvalue weighted by atomic mass is 9.99. The number of aryl methyl sites for hydroxylation is 1. The Kier molecular flexibility index (Phi) is 18.5. The number of hydrogen-bond donors (Lipinski definition) is 8. The zero-order chi connectivity index (χ0) is 55.7. The lowest BCUT2D eigenvalue weighted by molar-refractivity contribution is -0.138. The first-order valence-corrected chi connectivity index (χ1v) is 26.0. The largest absolute Gasteiger partial charge is 0.416 e. The van der Waals surface area contributed by atoms with Crippen LogP contribution in [0.2, 0.25) is 0 Å². The molecule has 2 saturated heterocycles. The molecule has 0 spiro atoms. The fourth-order valence-electron chi connectivity index (χ4n) is 9.81. The molecular weight excluding hydrogens is 1020 g/mol. The van der Waals surface area contributed by atoms with Gasteiger partial charge < -0.3 is 36.0 Å². The summed E-state index contributed by atoms with van der Waals surface area (Å²) in [6.07, 6.45) is -2.86.